The second-order valence-corrected chi connectivity index (χ2v) is 12.0. The number of rotatable bonds is 0. The van der Waals surface area contributed by atoms with E-state index in [0.717, 1.165) is 56.0 Å². The average Bonchev–Trinajstić information content (AvgIpc) is 3.03. The fraction of sp³-hybridized carbons (Fsp3) is 0.167. The van der Waals surface area contributed by atoms with E-state index in [1.807, 2.05) is 72.8 Å². The van der Waals surface area contributed by atoms with Gasteiger partial charge < -0.3 is 20.6 Å². The number of nitrogens with one attached hydrogen (secondary N) is 4. The minimum Gasteiger partial charge on any atom is -0.375 e. The van der Waals surface area contributed by atoms with Crippen molar-refractivity contribution < 1.29 is 0 Å². The van der Waals surface area contributed by atoms with E-state index in [9.17, 15) is 9.59 Å². The number of hydrogen-bond donors (Lipinski definition) is 4. The number of H-pyrrole nitrogens is 2. The van der Waals surface area contributed by atoms with Gasteiger partial charge in [0.25, 0.3) is 0 Å². The van der Waals surface area contributed by atoms with Crippen LogP contribution in [0.5, 0.6) is 0 Å². The van der Waals surface area contributed by atoms with Crippen LogP contribution in [-0.4, -0.2) is 9.97 Å². The van der Waals surface area contributed by atoms with E-state index in [4.69, 9.17) is 0 Å². The number of anilines is 2. The maximum atomic E-state index is 14.3. The second-order valence-electron chi connectivity index (χ2n) is 12.0. The third kappa shape index (κ3) is 3.04. The van der Waals surface area contributed by atoms with Crippen molar-refractivity contribution in [1.29, 1.82) is 0 Å². The molecule has 0 bridgehead atoms. The van der Waals surface area contributed by atoms with Crippen molar-refractivity contribution in [3.05, 3.63) is 129 Å². The third-order valence-electron chi connectivity index (χ3n) is 9.87. The highest BCUT2D eigenvalue weighted by atomic mass is 16.1. The number of pyridine rings is 2. The Bertz CT molecular complexity index is 2060. The maximum absolute atomic E-state index is 14.3. The first-order valence-electron chi connectivity index (χ1n) is 14.6. The molecule has 42 heavy (non-hydrogen) atoms. The van der Waals surface area contributed by atoms with Gasteiger partial charge in [0.1, 0.15) is 0 Å². The molecular weight excluding hydrogens is 520 g/mol. The summed E-state index contributed by atoms with van der Waals surface area (Å²) < 4.78 is 0. The van der Waals surface area contributed by atoms with Gasteiger partial charge in [-0.2, -0.15) is 0 Å². The zero-order chi connectivity index (χ0) is 28.1. The summed E-state index contributed by atoms with van der Waals surface area (Å²) in [5.74, 6) is 0. The third-order valence-corrected chi connectivity index (χ3v) is 9.87. The fourth-order valence-electron chi connectivity index (χ4n) is 7.90. The van der Waals surface area contributed by atoms with Crippen LogP contribution in [0.25, 0.3) is 44.3 Å². The summed E-state index contributed by atoms with van der Waals surface area (Å²) in [4.78, 5) is 35.8. The van der Waals surface area contributed by atoms with Crippen LogP contribution in [0.1, 0.15) is 36.8 Å². The van der Waals surface area contributed by atoms with E-state index >= 15 is 0 Å². The molecule has 4 aromatic carbocycles. The van der Waals surface area contributed by atoms with Crippen LogP contribution < -0.4 is 21.5 Å². The lowest BCUT2D eigenvalue weighted by atomic mass is 9.63. The molecule has 1 saturated carbocycles. The van der Waals surface area contributed by atoms with Crippen LogP contribution >= 0.6 is 0 Å². The lowest BCUT2D eigenvalue weighted by Crippen LogP contribution is -2.53. The quantitative estimate of drug-likeness (QED) is 0.161. The summed E-state index contributed by atoms with van der Waals surface area (Å²) >= 11 is 0. The molecule has 0 amide bonds. The minimum atomic E-state index is -0.561. The second kappa shape index (κ2) is 8.23. The SMILES string of the molecule is O=c1c2c([nH]c3ccccc13)-c1ccccc1NC21CCC2(CC1)Nc1ccccc1-c1[nH]c3ccccc3c(=O)c12. The number of aromatic amines is 2. The van der Waals surface area contributed by atoms with E-state index in [2.05, 4.69) is 44.9 Å². The van der Waals surface area contributed by atoms with E-state index in [0.29, 0.717) is 36.5 Å². The van der Waals surface area contributed by atoms with Crippen LogP contribution in [0.3, 0.4) is 0 Å². The maximum Gasteiger partial charge on any atom is 0.195 e. The monoisotopic (exact) mass is 548 g/mol. The van der Waals surface area contributed by atoms with E-state index in [1.165, 1.54) is 0 Å². The Labute approximate surface area is 241 Å². The molecule has 2 spiro atoms. The van der Waals surface area contributed by atoms with Crippen LogP contribution in [0, 0.1) is 0 Å². The van der Waals surface area contributed by atoms with Gasteiger partial charge in [0.15, 0.2) is 10.9 Å². The standard InChI is InChI=1S/C36H28N4O2/c41-33-23-11-3-5-13-25(23)37-31-21-9-1-7-15-27(21)39-35(29(31)33)17-19-36(20-18-35)30-32(22-10-2-8-16-28(22)40-36)38-26-14-6-4-12-24(26)34(30)42/h1-16,39-40H,17-20H2,(H,37,41)(H,38,42). The number of benzene rings is 4. The molecule has 0 saturated heterocycles. The Morgan fingerprint density at radius 2 is 0.857 bits per heavy atom. The molecule has 1 aliphatic carbocycles. The lowest BCUT2D eigenvalue weighted by Gasteiger charge is -2.51. The number of aromatic nitrogens is 2. The van der Waals surface area contributed by atoms with Crippen molar-refractivity contribution in [1.82, 2.24) is 9.97 Å². The van der Waals surface area contributed by atoms with Crippen LogP contribution in [0.4, 0.5) is 11.4 Å². The van der Waals surface area contributed by atoms with Gasteiger partial charge in [0.2, 0.25) is 0 Å². The summed E-state index contributed by atoms with van der Waals surface area (Å²) in [6.07, 6.45) is 2.76. The molecular formula is C36H28N4O2. The molecule has 2 aliphatic heterocycles. The number of para-hydroxylation sites is 4. The topological polar surface area (TPSA) is 89.8 Å². The summed E-state index contributed by atoms with van der Waals surface area (Å²) in [6, 6.07) is 32.0. The molecule has 4 heterocycles. The molecule has 0 atom stereocenters. The molecule has 0 unspecified atom stereocenters. The van der Waals surface area contributed by atoms with Gasteiger partial charge in [-0.05, 0) is 62.1 Å². The largest absolute Gasteiger partial charge is 0.375 e. The van der Waals surface area contributed by atoms with Crippen molar-refractivity contribution in [3.8, 4) is 22.5 Å². The summed E-state index contributed by atoms with van der Waals surface area (Å²) in [5, 5.41) is 9.11. The predicted molar refractivity (Wildman–Crippen MR) is 169 cm³/mol. The highest BCUT2D eigenvalue weighted by Gasteiger charge is 2.51. The lowest BCUT2D eigenvalue weighted by molar-refractivity contribution is 0.234. The Morgan fingerprint density at radius 3 is 1.31 bits per heavy atom. The zero-order valence-corrected chi connectivity index (χ0v) is 22.9. The van der Waals surface area contributed by atoms with Crippen molar-refractivity contribution in [2.24, 2.45) is 0 Å². The first-order valence-corrected chi connectivity index (χ1v) is 14.6. The van der Waals surface area contributed by atoms with Gasteiger partial charge in [-0.3, -0.25) is 9.59 Å². The smallest absolute Gasteiger partial charge is 0.195 e. The van der Waals surface area contributed by atoms with E-state index in [1.54, 1.807) is 0 Å². The zero-order valence-electron chi connectivity index (χ0n) is 22.9. The first kappa shape index (κ1) is 23.6. The summed E-state index contributed by atoms with van der Waals surface area (Å²) in [5.41, 5.74) is 8.20. The molecule has 1 fully saturated rings. The van der Waals surface area contributed by atoms with Gasteiger partial charge in [-0.25, -0.2) is 0 Å². The van der Waals surface area contributed by atoms with Crippen LogP contribution in [-0.2, 0) is 11.1 Å². The van der Waals surface area contributed by atoms with E-state index < -0.39 is 11.1 Å². The van der Waals surface area contributed by atoms with Gasteiger partial charge in [-0.1, -0.05) is 60.7 Å². The molecule has 204 valence electrons. The molecule has 9 rings (SSSR count). The first-order chi connectivity index (χ1) is 20.6. The van der Waals surface area contributed by atoms with Gasteiger partial charge >= 0.3 is 0 Å². The molecule has 6 aromatic rings. The van der Waals surface area contributed by atoms with Gasteiger partial charge in [-0.15, -0.1) is 0 Å². The van der Waals surface area contributed by atoms with Crippen LogP contribution in [0.2, 0.25) is 0 Å². The van der Waals surface area contributed by atoms with Crippen molar-refractivity contribution in [2.45, 2.75) is 36.8 Å². The highest BCUT2D eigenvalue weighted by Crippen LogP contribution is 2.55. The molecule has 3 aliphatic rings. The van der Waals surface area contributed by atoms with Crippen LogP contribution in [0.15, 0.2) is 107 Å². The fourth-order valence-corrected chi connectivity index (χ4v) is 7.90. The van der Waals surface area contributed by atoms with Crippen molar-refractivity contribution >= 4 is 33.2 Å². The summed E-state index contributed by atoms with van der Waals surface area (Å²) in [6.45, 7) is 0. The van der Waals surface area contributed by atoms with Crippen molar-refractivity contribution in [2.75, 3.05) is 10.6 Å². The van der Waals surface area contributed by atoms with Gasteiger partial charge in [0.05, 0.1) is 22.5 Å². The number of hydrogen-bond acceptors (Lipinski definition) is 4. The highest BCUT2D eigenvalue weighted by molar-refractivity contribution is 5.91. The Balaban J connectivity index is 1.24. The predicted octanol–water partition coefficient (Wildman–Crippen LogP) is 7.22. The summed E-state index contributed by atoms with van der Waals surface area (Å²) in [7, 11) is 0. The van der Waals surface area contributed by atoms with Gasteiger partial charge in [0, 0.05) is 55.4 Å². The molecule has 6 nitrogen and oxygen atoms in total. The normalized spacial score (nSPS) is 21.7. The van der Waals surface area contributed by atoms with E-state index in [-0.39, 0.29) is 10.9 Å². The molecule has 4 N–H and O–H groups in total. The number of fused-ring (bicyclic) bond motifs is 10. The Morgan fingerprint density at radius 1 is 0.476 bits per heavy atom. The molecule has 2 aromatic heterocycles. The Hall–Kier alpha value is -5.10. The Kier molecular flexibility index (Phi) is 4.62. The molecule has 6 heteroatoms. The minimum absolute atomic E-state index is 0.0727. The average molecular weight is 549 g/mol. The molecule has 0 radical (unpaired) electrons. The van der Waals surface area contributed by atoms with Crippen molar-refractivity contribution in [3.63, 3.8) is 0 Å².